The predicted octanol–water partition coefficient (Wildman–Crippen LogP) is 5.05. The van der Waals surface area contributed by atoms with Gasteiger partial charge >= 0.3 is 6.18 Å². The molecular weight excluding hydrogens is 454 g/mol. The van der Waals surface area contributed by atoms with E-state index in [1.54, 1.807) is 18.2 Å². The molecule has 1 N–H and O–H groups in total. The molecular formula is C17H13Cl3F3N5O. The lowest BCUT2D eigenvalue weighted by Crippen LogP contribution is -2.21. The number of benzene rings is 1. The van der Waals surface area contributed by atoms with Gasteiger partial charge in [-0.3, -0.25) is 14.2 Å². The van der Waals surface area contributed by atoms with E-state index in [4.69, 9.17) is 34.8 Å². The summed E-state index contributed by atoms with van der Waals surface area (Å²) in [5.74, 6) is -0.575. The molecule has 0 atom stereocenters. The Morgan fingerprint density at radius 1 is 1.14 bits per heavy atom. The van der Waals surface area contributed by atoms with Gasteiger partial charge in [0.05, 0.1) is 6.54 Å². The number of hydrogen-bond donors (Lipinski definition) is 1. The normalized spacial score (nSPS) is 11.7. The molecule has 0 aliphatic carbocycles. The second-order valence-electron chi connectivity index (χ2n) is 6.10. The third-order valence-corrected chi connectivity index (χ3v) is 4.91. The zero-order chi connectivity index (χ0) is 21.3. The van der Waals surface area contributed by atoms with Crippen molar-refractivity contribution in [3.63, 3.8) is 0 Å². The van der Waals surface area contributed by atoms with Crippen LogP contribution in [0.3, 0.4) is 0 Å². The van der Waals surface area contributed by atoms with Gasteiger partial charge in [0.15, 0.2) is 11.5 Å². The van der Waals surface area contributed by atoms with Crippen molar-refractivity contribution >= 4 is 46.5 Å². The van der Waals surface area contributed by atoms with Crippen LogP contribution in [0.5, 0.6) is 0 Å². The number of alkyl halides is 3. The predicted molar refractivity (Wildman–Crippen MR) is 103 cm³/mol. The minimum atomic E-state index is -4.59. The van der Waals surface area contributed by atoms with Gasteiger partial charge in [-0.25, -0.2) is 0 Å². The number of anilines is 1. The highest BCUT2D eigenvalue weighted by atomic mass is 35.5. The van der Waals surface area contributed by atoms with Gasteiger partial charge in [-0.15, -0.1) is 0 Å². The molecule has 29 heavy (non-hydrogen) atoms. The summed E-state index contributed by atoms with van der Waals surface area (Å²) in [6.45, 7) is 1.20. The van der Waals surface area contributed by atoms with Gasteiger partial charge in [0.25, 0.3) is 0 Å². The van der Waals surface area contributed by atoms with Crippen LogP contribution in [0.4, 0.5) is 19.0 Å². The van der Waals surface area contributed by atoms with Crippen molar-refractivity contribution in [1.82, 2.24) is 19.6 Å². The van der Waals surface area contributed by atoms with Crippen molar-refractivity contribution in [3.05, 3.63) is 62.5 Å². The molecule has 1 amide bonds. The topological polar surface area (TPSA) is 64.7 Å². The summed E-state index contributed by atoms with van der Waals surface area (Å²) >= 11 is 18.4. The van der Waals surface area contributed by atoms with Gasteiger partial charge in [-0.1, -0.05) is 40.9 Å². The Labute approximate surface area is 178 Å². The van der Waals surface area contributed by atoms with Crippen LogP contribution in [0.25, 0.3) is 0 Å². The summed E-state index contributed by atoms with van der Waals surface area (Å²) in [7, 11) is 0. The largest absolute Gasteiger partial charge is 0.435 e. The van der Waals surface area contributed by atoms with Crippen molar-refractivity contribution in [2.75, 3.05) is 5.32 Å². The molecule has 0 spiro atoms. The van der Waals surface area contributed by atoms with Crippen LogP contribution in [0.1, 0.15) is 17.0 Å². The number of hydrogen-bond acceptors (Lipinski definition) is 3. The Hall–Kier alpha value is -2.23. The lowest BCUT2D eigenvalue weighted by atomic mass is 10.2. The third-order valence-electron chi connectivity index (χ3n) is 3.92. The second kappa shape index (κ2) is 8.25. The maximum atomic E-state index is 12.7. The number of nitrogens with zero attached hydrogens (tertiary/aromatic N) is 4. The Kier molecular flexibility index (Phi) is 6.11. The molecule has 0 aliphatic heterocycles. The van der Waals surface area contributed by atoms with E-state index >= 15 is 0 Å². The first-order chi connectivity index (χ1) is 13.5. The van der Waals surface area contributed by atoms with Gasteiger partial charge in [-0.2, -0.15) is 23.4 Å². The number of carbonyl (C=O) groups excluding carboxylic acids is 1. The molecule has 2 heterocycles. The molecule has 3 aromatic rings. The van der Waals surface area contributed by atoms with Crippen molar-refractivity contribution < 1.29 is 18.0 Å². The summed E-state index contributed by atoms with van der Waals surface area (Å²) in [6.07, 6.45) is -3.12. The fourth-order valence-electron chi connectivity index (χ4n) is 2.52. The number of aromatic nitrogens is 4. The molecule has 6 nitrogen and oxygen atoms in total. The van der Waals surface area contributed by atoms with E-state index in [0.717, 1.165) is 10.7 Å². The van der Waals surface area contributed by atoms with E-state index in [1.807, 2.05) is 0 Å². The lowest BCUT2D eigenvalue weighted by Gasteiger charge is -2.07. The molecule has 0 unspecified atom stereocenters. The number of halogens is 6. The summed E-state index contributed by atoms with van der Waals surface area (Å²) in [5, 5.41) is 11.1. The zero-order valence-electron chi connectivity index (χ0n) is 14.8. The molecule has 0 saturated heterocycles. The van der Waals surface area contributed by atoms with E-state index in [1.165, 1.54) is 17.8 Å². The molecule has 0 fully saturated rings. The Morgan fingerprint density at radius 3 is 2.38 bits per heavy atom. The molecule has 2 aromatic heterocycles. The number of rotatable bonds is 5. The van der Waals surface area contributed by atoms with Gasteiger partial charge < -0.3 is 5.32 Å². The molecule has 0 aliphatic rings. The molecule has 0 saturated carbocycles. The van der Waals surface area contributed by atoms with Crippen LogP contribution in [-0.2, 0) is 24.1 Å². The minimum absolute atomic E-state index is 0.0562. The van der Waals surface area contributed by atoms with Crippen LogP contribution >= 0.6 is 34.8 Å². The summed E-state index contributed by atoms with van der Waals surface area (Å²) in [5.41, 5.74) is -0.251. The number of aryl methyl sites for hydroxylation is 1. The van der Waals surface area contributed by atoms with Crippen molar-refractivity contribution in [2.45, 2.75) is 26.2 Å². The van der Waals surface area contributed by atoms with E-state index < -0.39 is 24.3 Å². The number of amides is 1. The molecule has 12 heteroatoms. The van der Waals surface area contributed by atoms with Crippen molar-refractivity contribution in [3.8, 4) is 0 Å². The third kappa shape index (κ3) is 5.04. The van der Waals surface area contributed by atoms with Gasteiger partial charge in [0, 0.05) is 27.5 Å². The first-order valence-electron chi connectivity index (χ1n) is 8.12. The standard InChI is InChI=1S/C17H13Cl3F3N5O/c1-9-5-14(17(21,22)23)25-28(9)8-15(29)24-16-13(20)7-27(26-16)6-10-11(18)3-2-4-12(10)19/h2-5,7H,6,8H2,1H3,(H,24,26,29). The van der Waals surface area contributed by atoms with Crippen LogP contribution in [0.15, 0.2) is 30.5 Å². The molecule has 154 valence electrons. The Bertz CT molecular complexity index is 1040. The van der Waals surface area contributed by atoms with Crippen molar-refractivity contribution in [2.24, 2.45) is 0 Å². The molecule has 3 rings (SSSR count). The van der Waals surface area contributed by atoms with Crippen LogP contribution in [0, 0.1) is 6.92 Å². The smallest absolute Gasteiger partial charge is 0.306 e. The van der Waals surface area contributed by atoms with Gasteiger partial charge in [-0.05, 0) is 25.1 Å². The zero-order valence-corrected chi connectivity index (χ0v) is 17.0. The summed E-state index contributed by atoms with van der Waals surface area (Å²) in [4.78, 5) is 12.2. The van der Waals surface area contributed by atoms with E-state index in [0.29, 0.717) is 15.6 Å². The Morgan fingerprint density at radius 2 is 1.79 bits per heavy atom. The van der Waals surface area contributed by atoms with Crippen LogP contribution in [0.2, 0.25) is 15.1 Å². The van der Waals surface area contributed by atoms with Crippen molar-refractivity contribution in [1.29, 1.82) is 0 Å². The van der Waals surface area contributed by atoms with Crippen LogP contribution in [-0.4, -0.2) is 25.5 Å². The highest BCUT2D eigenvalue weighted by molar-refractivity contribution is 6.36. The maximum Gasteiger partial charge on any atom is 0.435 e. The fraction of sp³-hybridized carbons (Fsp3) is 0.235. The first-order valence-corrected chi connectivity index (χ1v) is 9.25. The SMILES string of the molecule is Cc1cc(C(F)(F)F)nn1CC(=O)Nc1nn(Cc2c(Cl)cccc2Cl)cc1Cl. The van der Waals surface area contributed by atoms with Crippen LogP contribution < -0.4 is 5.32 Å². The number of nitrogens with one attached hydrogen (secondary N) is 1. The van der Waals surface area contributed by atoms with E-state index in [-0.39, 0.29) is 23.1 Å². The lowest BCUT2D eigenvalue weighted by molar-refractivity contribution is -0.141. The molecule has 1 aromatic carbocycles. The van der Waals surface area contributed by atoms with Gasteiger partial charge in [0.2, 0.25) is 5.91 Å². The average molecular weight is 467 g/mol. The van der Waals surface area contributed by atoms with E-state index in [2.05, 4.69) is 15.5 Å². The fourth-order valence-corrected chi connectivity index (χ4v) is 3.24. The monoisotopic (exact) mass is 465 g/mol. The van der Waals surface area contributed by atoms with Gasteiger partial charge in [0.1, 0.15) is 11.6 Å². The minimum Gasteiger partial charge on any atom is -0.306 e. The quantitative estimate of drug-likeness (QED) is 0.572. The highest BCUT2D eigenvalue weighted by Gasteiger charge is 2.34. The number of carbonyl (C=O) groups is 1. The average Bonchev–Trinajstić information content (AvgIpc) is 3.14. The molecule has 0 bridgehead atoms. The summed E-state index contributed by atoms with van der Waals surface area (Å²) in [6, 6.07) is 5.93. The Balaban J connectivity index is 1.71. The van der Waals surface area contributed by atoms with E-state index in [9.17, 15) is 18.0 Å². The highest BCUT2D eigenvalue weighted by Crippen LogP contribution is 2.29. The second-order valence-corrected chi connectivity index (χ2v) is 7.32. The first kappa shape index (κ1) is 21.5. The maximum absolute atomic E-state index is 12.7. The summed E-state index contributed by atoms with van der Waals surface area (Å²) < 4.78 is 40.6. The molecule has 0 radical (unpaired) electrons.